The van der Waals surface area contributed by atoms with Crippen LogP contribution in [-0.4, -0.2) is 42.1 Å². The summed E-state index contributed by atoms with van der Waals surface area (Å²) in [7, 11) is 1.05. The Hall–Kier alpha value is -1.27. The molecule has 0 aromatic rings. The minimum atomic E-state index is -4.43. The molecule has 0 unspecified atom stereocenters. The van der Waals surface area contributed by atoms with Gasteiger partial charge in [-0.25, -0.2) is 0 Å². The first-order chi connectivity index (χ1) is 7.91. The molecule has 0 spiro atoms. The molecule has 0 saturated carbocycles. The zero-order valence-corrected chi connectivity index (χ0v) is 10.9. The number of halogens is 3. The molecule has 0 aromatic carbocycles. The fourth-order valence-corrected chi connectivity index (χ4v) is 1.15. The van der Waals surface area contributed by atoms with E-state index in [-0.39, 0.29) is 12.8 Å². The van der Waals surface area contributed by atoms with Crippen molar-refractivity contribution in [3.63, 3.8) is 0 Å². The van der Waals surface area contributed by atoms with Gasteiger partial charge in [-0.1, -0.05) is 0 Å². The van der Waals surface area contributed by atoms with Crippen LogP contribution in [0.25, 0.3) is 0 Å². The molecule has 0 fully saturated rings. The second-order valence-electron chi connectivity index (χ2n) is 4.95. The number of alkyl halides is 3. The van der Waals surface area contributed by atoms with Gasteiger partial charge in [-0.2, -0.15) is 13.2 Å². The summed E-state index contributed by atoms with van der Waals surface area (Å²) < 4.78 is 40.9. The number of hydrogen-bond acceptors (Lipinski definition) is 3. The molecule has 4 nitrogen and oxygen atoms in total. The predicted molar refractivity (Wildman–Crippen MR) is 58.8 cm³/mol. The second kappa shape index (κ2) is 6.06. The van der Waals surface area contributed by atoms with Crippen LogP contribution in [0, 0.1) is 0 Å². The van der Waals surface area contributed by atoms with Crippen LogP contribution < -0.4 is 0 Å². The first kappa shape index (κ1) is 16.7. The molecular formula is C11H18F3NO3. The molecule has 0 N–H and O–H groups in total. The maximum absolute atomic E-state index is 12.0. The number of amides is 1. The monoisotopic (exact) mass is 269 g/mol. The van der Waals surface area contributed by atoms with Crippen LogP contribution in [0.15, 0.2) is 0 Å². The van der Waals surface area contributed by atoms with Crippen molar-refractivity contribution in [2.75, 3.05) is 13.6 Å². The average Bonchev–Trinajstić information content (AvgIpc) is 2.08. The molecule has 0 saturated heterocycles. The quantitative estimate of drug-likeness (QED) is 0.734. The summed E-state index contributed by atoms with van der Waals surface area (Å²) in [4.78, 5) is 23.1. The Bertz CT molecular complexity index is 308. The van der Waals surface area contributed by atoms with E-state index in [0.29, 0.717) is 4.90 Å². The lowest BCUT2D eigenvalue weighted by Crippen LogP contribution is -2.36. The lowest BCUT2D eigenvalue weighted by atomic mass is 10.2. The van der Waals surface area contributed by atoms with Crippen molar-refractivity contribution >= 4 is 11.9 Å². The highest BCUT2D eigenvalue weighted by Crippen LogP contribution is 2.16. The van der Waals surface area contributed by atoms with Gasteiger partial charge < -0.3 is 9.64 Å². The fourth-order valence-electron chi connectivity index (χ4n) is 1.15. The number of carbonyl (C=O) groups excluding carboxylic acids is 2. The summed E-state index contributed by atoms with van der Waals surface area (Å²) in [6.07, 6.45) is -4.95. The molecular weight excluding hydrogens is 251 g/mol. The van der Waals surface area contributed by atoms with Crippen LogP contribution in [-0.2, 0) is 14.3 Å². The van der Waals surface area contributed by atoms with Crippen LogP contribution in [0.1, 0.15) is 33.6 Å². The summed E-state index contributed by atoms with van der Waals surface area (Å²) in [6, 6.07) is 0. The van der Waals surface area contributed by atoms with E-state index < -0.39 is 30.2 Å². The summed E-state index contributed by atoms with van der Waals surface area (Å²) in [5.74, 6) is -1.34. The maximum atomic E-state index is 12.0. The van der Waals surface area contributed by atoms with Gasteiger partial charge in [0.15, 0.2) is 0 Å². The van der Waals surface area contributed by atoms with Crippen molar-refractivity contribution in [3.05, 3.63) is 0 Å². The third kappa shape index (κ3) is 8.83. The first-order valence-corrected chi connectivity index (χ1v) is 5.43. The molecule has 0 bridgehead atoms. The van der Waals surface area contributed by atoms with Gasteiger partial charge in [0, 0.05) is 13.5 Å². The summed E-state index contributed by atoms with van der Waals surface area (Å²) in [6.45, 7) is 3.69. The van der Waals surface area contributed by atoms with Gasteiger partial charge in [0.25, 0.3) is 0 Å². The third-order valence-corrected chi connectivity index (χ3v) is 1.81. The van der Waals surface area contributed by atoms with Crippen molar-refractivity contribution in [3.8, 4) is 0 Å². The van der Waals surface area contributed by atoms with E-state index in [9.17, 15) is 22.8 Å². The first-order valence-electron chi connectivity index (χ1n) is 5.43. The molecule has 0 aliphatic carbocycles. The van der Waals surface area contributed by atoms with Crippen LogP contribution in [0.4, 0.5) is 13.2 Å². The third-order valence-electron chi connectivity index (χ3n) is 1.81. The van der Waals surface area contributed by atoms with Crippen LogP contribution in [0.5, 0.6) is 0 Å². The Kier molecular flexibility index (Phi) is 5.63. The Morgan fingerprint density at radius 1 is 1.11 bits per heavy atom. The molecule has 1 amide bonds. The highest BCUT2D eigenvalue weighted by molar-refractivity contribution is 5.81. The standard InChI is InChI=1S/C11H18F3NO3/c1-10(2,3)18-9(17)6-5-8(16)15(4)7-11(12,13)14/h5-7H2,1-4H3. The molecule has 7 heteroatoms. The molecule has 0 rings (SSSR count). The van der Waals surface area contributed by atoms with E-state index in [1.54, 1.807) is 20.8 Å². The summed E-state index contributed by atoms with van der Waals surface area (Å²) in [5.41, 5.74) is -0.669. The number of esters is 1. The number of carbonyl (C=O) groups is 2. The van der Waals surface area contributed by atoms with E-state index >= 15 is 0 Å². The van der Waals surface area contributed by atoms with Gasteiger partial charge in [-0.15, -0.1) is 0 Å². The Morgan fingerprint density at radius 2 is 1.61 bits per heavy atom. The zero-order chi connectivity index (χ0) is 14.6. The highest BCUT2D eigenvalue weighted by Gasteiger charge is 2.31. The van der Waals surface area contributed by atoms with Crippen LogP contribution in [0.3, 0.4) is 0 Å². The highest BCUT2D eigenvalue weighted by atomic mass is 19.4. The maximum Gasteiger partial charge on any atom is 0.406 e. The van der Waals surface area contributed by atoms with Crippen molar-refractivity contribution in [2.45, 2.75) is 45.4 Å². The topological polar surface area (TPSA) is 46.6 Å². The van der Waals surface area contributed by atoms with Crippen molar-refractivity contribution in [1.29, 1.82) is 0 Å². The minimum absolute atomic E-state index is 0.224. The smallest absolute Gasteiger partial charge is 0.406 e. The number of rotatable bonds is 4. The van der Waals surface area contributed by atoms with Crippen LogP contribution in [0.2, 0.25) is 0 Å². The molecule has 0 aliphatic heterocycles. The minimum Gasteiger partial charge on any atom is -0.460 e. The molecule has 0 aliphatic rings. The summed E-state index contributed by atoms with van der Waals surface area (Å²) >= 11 is 0. The number of hydrogen-bond donors (Lipinski definition) is 0. The molecule has 0 heterocycles. The normalized spacial score (nSPS) is 12.2. The number of nitrogens with zero attached hydrogens (tertiary/aromatic N) is 1. The largest absolute Gasteiger partial charge is 0.460 e. The Morgan fingerprint density at radius 3 is 2.00 bits per heavy atom. The zero-order valence-electron chi connectivity index (χ0n) is 10.9. The van der Waals surface area contributed by atoms with Gasteiger partial charge in [0.2, 0.25) is 5.91 Å². The van der Waals surface area contributed by atoms with E-state index in [4.69, 9.17) is 4.74 Å². The number of ether oxygens (including phenoxy) is 1. The Balaban J connectivity index is 4.07. The van der Waals surface area contributed by atoms with Crippen molar-refractivity contribution in [1.82, 2.24) is 4.90 Å². The van der Waals surface area contributed by atoms with Crippen LogP contribution >= 0.6 is 0 Å². The molecule has 0 aromatic heterocycles. The van der Waals surface area contributed by atoms with Gasteiger partial charge >= 0.3 is 12.1 Å². The average molecular weight is 269 g/mol. The second-order valence-corrected chi connectivity index (χ2v) is 4.95. The van der Waals surface area contributed by atoms with E-state index in [1.807, 2.05) is 0 Å². The lowest BCUT2D eigenvalue weighted by Gasteiger charge is -2.21. The molecule has 106 valence electrons. The molecule has 0 radical (unpaired) electrons. The van der Waals surface area contributed by atoms with E-state index in [1.165, 1.54) is 0 Å². The lowest BCUT2D eigenvalue weighted by molar-refractivity contribution is -0.161. The molecule has 0 atom stereocenters. The van der Waals surface area contributed by atoms with E-state index in [2.05, 4.69) is 0 Å². The molecule has 18 heavy (non-hydrogen) atoms. The fraction of sp³-hybridized carbons (Fsp3) is 0.818. The van der Waals surface area contributed by atoms with Gasteiger partial charge in [0.1, 0.15) is 12.1 Å². The van der Waals surface area contributed by atoms with Gasteiger partial charge in [-0.3, -0.25) is 9.59 Å². The van der Waals surface area contributed by atoms with Crippen molar-refractivity contribution in [2.24, 2.45) is 0 Å². The van der Waals surface area contributed by atoms with E-state index in [0.717, 1.165) is 7.05 Å². The predicted octanol–water partition coefficient (Wildman–Crippen LogP) is 2.13. The summed E-state index contributed by atoms with van der Waals surface area (Å²) in [5, 5.41) is 0. The Labute approximate surface area is 104 Å². The van der Waals surface area contributed by atoms with Crippen molar-refractivity contribution < 1.29 is 27.5 Å². The van der Waals surface area contributed by atoms with Gasteiger partial charge in [-0.05, 0) is 20.8 Å². The van der Waals surface area contributed by atoms with Gasteiger partial charge in [0.05, 0.1) is 6.42 Å². The SMILES string of the molecule is CN(CC(F)(F)F)C(=O)CCC(=O)OC(C)(C)C.